The summed E-state index contributed by atoms with van der Waals surface area (Å²) in [5.74, 6) is 4.84. The second-order valence-corrected chi connectivity index (χ2v) is 3.78. The second kappa shape index (κ2) is 8.01. The van der Waals surface area contributed by atoms with Gasteiger partial charge in [-0.05, 0) is 30.8 Å². The first kappa shape index (κ1) is 10.9. The van der Waals surface area contributed by atoms with Gasteiger partial charge in [0.2, 0.25) is 0 Å². The Morgan fingerprint density at radius 1 is 1.45 bits per heavy atom. The van der Waals surface area contributed by atoms with Crippen LogP contribution in [0.5, 0.6) is 0 Å². The smallest absolute Gasteiger partial charge is 0.00886 e. The van der Waals surface area contributed by atoms with E-state index in [1.54, 1.807) is 0 Å². The van der Waals surface area contributed by atoms with Crippen LogP contribution in [0.2, 0.25) is 0 Å². The molecule has 0 aromatic heterocycles. The zero-order valence-electron chi connectivity index (χ0n) is 7.60. The van der Waals surface area contributed by atoms with E-state index in [-0.39, 0.29) is 0 Å². The Kier molecular flexibility index (Phi) is 7.95. The van der Waals surface area contributed by atoms with E-state index in [4.69, 9.17) is 6.42 Å². The highest BCUT2D eigenvalue weighted by molar-refractivity contribution is 7.98. The molecule has 0 aliphatic rings. The average Bonchev–Trinajstić information content (AvgIpc) is 2.05. The van der Waals surface area contributed by atoms with E-state index in [9.17, 15) is 0 Å². The molecule has 0 amide bonds. The van der Waals surface area contributed by atoms with Gasteiger partial charge in [0.1, 0.15) is 0 Å². The van der Waals surface area contributed by atoms with Crippen LogP contribution in [-0.2, 0) is 0 Å². The molecule has 0 rings (SSSR count). The standard InChI is InChI=1S/C10H18S/c1-4-6-7-10(5-2)8-9-11-3/h1,10H,5-9H2,2-3H3. The lowest BCUT2D eigenvalue weighted by atomic mass is 9.98. The molecule has 0 heterocycles. The molecule has 0 fully saturated rings. The van der Waals surface area contributed by atoms with E-state index < -0.39 is 0 Å². The van der Waals surface area contributed by atoms with Crippen LogP contribution >= 0.6 is 11.8 Å². The highest BCUT2D eigenvalue weighted by Crippen LogP contribution is 2.16. The Labute approximate surface area is 75.1 Å². The number of thioether (sulfide) groups is 1. The molecular weight excluding hydrogens is 152 g/mol. The molecule has 0 aliphatic heterocycles. The average molecular weight is 170 g/mol. The predicted octanol–water partition coefficient (Wildman–Crippen LogP) is 3.18. The van der Waals surface area contributed by atoms with Crippen molar-refractivity contribution in [2.75, 3.05) is 12.0 Å². The van der Waals surface area contributed by atoms with Gasteiger partial charge >= 0.3 is 0 Å². The number of hydrogen-bond acceptors (Lipinski definition) is 1. The van der Waals surface area contributed by atoms with Gasteiger partial charge in [-0.15, -0.1) is 12.3 Å². The topological polar surface area (TPSA) is 0 Å². The Morgan fingerprint density at radius 2 is 2.18 bits per heavy atom. The van der Waals surface area contributed by atoms with Crippen molar-refractivity contribution in [2.45, 2.75) is 32.6 Å². The van der Waals surface area contributed by atoms with Gasteiger partial charge in [-0.1, -0.05) is 13.3 Å². The molecule has 0 saturated heterocycles. The molecule has 1 heteroatoms. The summed E-state index contributed by atoms with van der Waals surface area (Å²) < 4.78 is 0. The largest absolute Gasteiger partial charge is 0.165 e. The summed E-state index contributed by atoms with van der Waals surface area (Å²) in [6.07, 6.45) is 12.1. The number of rotatable bonds is 6. The first-order chi connectivity index (χ1) is 5.35. The Bertz CT molecular complexity index is 113. The van der Waals surface area contributed by atoms with Crippen LogP contribution < -0.4 is 0 Å². The summed E-state index contributed by atoms with van der Waals surface area (Å²) >= 11 is 1.93. The van der Waals surface area contributed by atoms with Gasteiger partial charge in [-0.25, -0.2) is 0 Å². The van der Waals surface area contributed by atoms with Crippen LogP contribution in [0.1, 0.15) is 32.6 Å². The maximum atomic E-state index is 5.20. The molecule has 0 saturated carbocycles. The Hall–Kier alpha value is -0.0900. The molecule has 0 N–H and O–H groups in total. The van der Waals surface area contributed by atoms with E-state index in [1.807, 2.05) is 11.8 Å². The summed E-state index contributed by atoms with van der Waals surface area (Å²) in [7, 11) is 0. The van der Waals surface area contributed by atoms with Crippen molar-refractivity contribution in [3.05, 3.63) is 0 Å². The van der Waals surface area contributed by atoms with Crippen molar-refractivity contribution in [3.63, 3.8) is 0 Å². The zero-order valence-corrected chi connectivity index (χ0v) is 8.41. The zero-order chi connectivity index (χ0) is 8.53. The first-order valence-electron chi connectivity index (χ1n) is 4.27. The fourth-order valence-corrected chi connectivity index (χ4v) is 1.69. The minimum Gasteiger partial charge on any atom is -0.165 e. The minimum atomic E-state index is 0.860. The lowest BCUT2D eigenvalue weighted by molar-refractivity contribution is 0.466. The molecule has 0 aromatic carbocycles. The maximum Gasteiger partial charge on any atom is 0.00886 e. The summed E-state index contributed by atoms with van der Waals surface area (Å²) in [6.45, 7) is 2.25. The van der Waals surface area contributed by atoms with Crippen LogP contribution in [0, 0.1) is 18.3 Å². The van der Waals surface area contributed by atoms with Gasteiger partial charge in [-0.2, -0.15) is 11.8 Å². The highest BCUT2D eigenvalue weighted by Gasteiger charge is 2.03. The Balaban J connectivity index is 3.34. The van der Waals surface area contributed by atoms with Crippen LogP contribution in [0.25, 0.3) is 0 Å². The van der Waals surface area contributed by atoms with E-state index in [2.05, 4.69) is 19.1 Å². The second-order valence-electron chi connectivity index (χ2n) is 2.80. The fraction of sp³-hybridized carbons (Fsp3) is 0.800. The van der Waals surface area contributed by atoms with Crippen molar-refractivity contribution in [1.82, 2.24) is 0 Å². The Morgan fingerprint density at radius 3 is 2.64 bits per heavy atom. The van der Waals surface area contributed by atoms with Gasteiger partial charge in [0, 0.05) is 6.42 Å². The predicted molar refractivity (Wildman–Crippen MR) is 54.8 cm³/mol. The lowest BCUT2D eigenvalue weighted by Gasteiger charge is -2.11. The van der Waals surface area contributed by atoms with Gasteiger partial charge < -0.3 is 0 Å². The molecule has 11 heavy (non-hydrogen) atoms. The van der Waals surface area contributed by atoms with Gasteiger partial charge in [0.15, 0.2) is 0 Å². The quantitative estimate of drug-likeness (QED) is 0.552. The van der Waals surface area contributed by atoms with E-state index in [0.29, 0.717) is 0 Å². The molecule has 0 aromatic rings. The molecule has 0 bridgehead atoms. The molecule has 0 aliphatic carbocycles. The summed E-state index contributed by atoms with van der Waals surface area (Å²) in [5, 5.41) is 0. The van der Waals surface area contributed by atoms with Crippen LogP contribution in [0.15, 0.2) is 0 Å². The van der Waals surface area contributed by atoms with Crippen molar-refractivity contribution in [1.29, 1.82) is 0 Å². The maximum absolute atomic E-state index is 5.20. The highest BCUT2D eigenvalue weighted by atomic mass is 32.2. The SMILES string of the molecule is C#CCCC(CC)CCSC. The van der Waals surface area contributed by atoms with Crippen molar-refractivity contribution in [2.24, 2.45) is 5.92 Å². The molecule has 64 valence electrons. The third kappa shape index (κ3) is 6.31. The summed E-state index contributed by atoms with van der Waals surface area (Å²) in [4.78, 5) is 0. The third-order valence-corrected chi connectivity index (χ3v) is 2.65. The van der Waals surface area contributed by atoms with Crippen molar-refractivity contribution < 1.29 is 0 Å². The summed E-state index contributed by atoms with van der Waals surface area (Å²) in [5.41, 5.74) is 0. The van der Waals surface area contributed by atoms with Gasteiger partial charge in [0.25, 0.3) is 0 Å². The molecule has 1 atom stereocenters. The molecule has 0 spiro atoms. The lowest BCUT2D eigenvalue weighted by Crippen LogP contribution is -1.99. The van der Waals surface area contributed by atoms with Crippen molar-refractivity contribution >= 4 is 11.8 Å². The first-order valence-corrected chi connectivity index (χ1v) is 5.66. The van der Waals surface area contributed by atoms with Crippen LogP contribution in [0.3, 0.4) is 0 Å². The van der Waals surface area contributed by atoms with Crippen LogP contribution in [0.4, 0.5) is 0 Å². The van der Waals surface area contributed by atoms with Gasteiger partial charge in [-0.3, -0.25) is 0 Å². The number of hydrogen-bond donors (Lipinski definition) is 0. The molecule has 0 nitrogen and oxygen atoms in total. The van der Waals surface area contributed by atoms with Crippen molar-refractivity contribution in [3.8, 4) is 12.3 Å². The normalized spacial score (nSPS) is 12.5. The summed E-state index contributed by atoms with van der Waals surface area (Å²) in [6, 6.07) is 0. The molecular formula is C10H18S. The monoisotopic (exact) mass is 170 g/mol. The molecule has 0 radical (unpaired) electrons. The molecule has 1 unspecified atom stereocenters. The third-order valence-electron chi connectivity index (χ3n) is 2.00. The van der Waals surface area contributed by atoms with E-state index in [1.165, 1.54) is 25.0 Å². The van der Waals surface area contributed by atoms with E-state index >= 15 is 0 Å². The van der Waals surface area contributed by atoms with Crippen LogP contribution in [-0.4, -0.2) is 12.0 Å². The fourth-order valence-electron chi connectivity index (χ4n) is 1.12. The number of terminal acetylenes is 1. The van der Waals surface area contributed by atoms with Gasteiger partial charge in [0.05, 0.1) is 0 Å². The minimum absolute atomic E-state index is 0.860. The van der Waals surface area contributed by atoms with E-state index in [0.717, 1.165) is 12.3 Å².